The van der Waals surface area contributed by atoms with Crippen LogP contribution in [0, 0.1) is 5.92 Å². The number of amides is 1. The molecular weight excluding hydrogens is 356 g/mol. The maximum atomic E-state index is 12.3. The first-order valence-electron chi connectivity index (χ1n) is 9.58. The Kier molecular flexibility index (Phi) is 5.40. The van der Waals surface area contributed by atoms with Gasteiger partial charge >= 0.3 is 0 Å². The van der Waals surface area contributed by atoms with Gasteiger partial charge in [-0.25, -0.2) is 0 Å². The third-order valence-corrected chi connectivity index (χ3v) is 5.79. The minimum absolute atomic E-state index is 0.0871. The lowest BCUT2D eigenvalue weighted by Gasteiger charge is -2.28. The summed E-state index contributed by atoms with van der Waals surface area (Å²) in [5, 5.41) is 6.17. The summed E-state index contributed by atoms with van der Waals surface area (Å²) in [4.78, 5) is 17.0. The molecule has 1 fully saturated rings. The van der Waals surface area contributed by atoms with Crippen LogP contribution in [0.25, 0.3) is 10.8 Å². The summed E-state index contributed by atoms with van der Waals surface area (Å²) >= 11 is 5.89. The number of nitrogens with one attached hydrogen (secondary N) is 1. The van der Waals surface area contributed by atoms with Crippen molar-refractivity contribution in [2.45, 2.75) is 38.0 Å². The topological polar surface area (TPSA) is 42.0 Å². The fourth-order valence-electron chi connectivity index (χ4n) is 4.12. The molecule has 1 heterocycles. The minimum atomic E-state index is 0.0871. The fraction of sp³-hybridized carbons (Fsp3) is 0.304. The molecule has 138 valence electrons. The number of carbonyl (C=O) groups is 1. The van der Waals surface area contributed by atoms with E-state index in [-0.39, 0.29) is 5.91 Å². The predicted octanol–water partition coefficient (Wildman–Crippen LogP) is 6.19. The van der Waals surface area contributed by atoms with Crippen LogP contribution in [0.3, 0.4) is 0 Å². The number of hydrogen-bond donors (Lipinski definition) is 1. The summed E-state index contributed by atoms with van der Waals surface area (Å²) in [6, 6.07) is 17.8. The van der Waals surface area contributed by atoms with E-state index in [2.05, 4.69) is 40.6 Å². The molecule has 0 unspecified atom stereocenters. The third kappa shape index (κ3) is 4.30. The largest absolute Gasteiger partial charge is 0.326 e. The van der Waals surface area contributed by atoms with Crippen molar-refractivity contribution >= 4 is 34.0 Å². The van der Waals surface area contributed by atoms with E-state index in [4.69, 9.17) is 11.6 Å². The summed E-state index contributed by atoms with van der Waals surface area (Å²) in [6.45, 7) is 0. The van der Waals surface area contributed by atoms with E-state index >= 15 is 0 Å². The number of aromatic nitrogens is 1. The first kappa shape index (κ1) is 18.0. The quantitative estimate of drug-likeness (QED) is 0.588. The average molecular weight is 379 g/mol. The van der Waals surface area contributed by atoms with Crippen LogP contribution >= 0.6 is 11.6 Å². The molecule has 0 saturated heterocycles. The molecule has 1 aliphatic rings. The number of benzene rings is 2. The number of carbonyl (C=O) groups excluding carboxylic acids is 1. The van der Waals surface area contributed by atoms with Crippen molar-refractivity contribution in [2.75, 3.05) is 5.32 Å². The van der Waals surface area contributed by atoms with Gasteiger partial charge in [0.1, 0.15) is 0 Å². The highest BCUT2D eigenvalue weighted by atomic mass is 35.5. The normalized spacial score (nSPS) is 19.7. The Hall–Kier alpha value is -2.39. The van der Waals surface area contributed by atoms with E-state index < -0.39 is 0 Å². The number of fused-ring (bicyclic) bond motifs is 1. The van der Waals surface area contributed by atoms with Crippen LogP contribution in [0.2, 0.25) is 5.02 Å². The van der Waals surface area contributed by atoms with E-state index in [1.165, 1.54) is 16.5 Å². The number of nitrogens with zero attached hydrogens (tertiary/aromatic N) is 1. The van der Waals surface area contributed by atoms with Crippen LogP contribution in [0.4, 0.5) is 5.69 Å². The molecule has 0 spiro atoms. The number of pyridine rings is 1. The lowest BCUT2D eigenvalue weighted by Crippen LogP contribution is -2.21. The summed E-state index contributed by atoms with van der Waals surface area (Å²) in [5.74, 6) is 1.03. The molecule has 4 heteroatoms. The molecule has 27 heavy (non-hydrogen) atoms. The molecule has 1 aromatic heterocycles. The number of halogens is 1. The second-order valence-electron chi connectivity index (χ2n) is 7.39. The van der Waals surface area contributed by atoms with Gasteiger partial charge in [-0.2, -0.15) is 0 Å². The molecule has 0 atom stereocenters. The van der Waals surface area contributed by atoms with E-state index in [9.17, 15) is 4.79 Å². The van der Waals surface area contributed by atoms with E-state index in [0.29, 0.717) is 23.3 Å². The highest BCUT2D eigenvalue weighted by Gasteiger charge is 2.25. The van der Waals surface area contributed by atoms with E-state index in [1.54, 1.807) is 12.1 Å². The van der Waals surface area contributed by atoms with Gasteiger partial charge in [0.25, 0.3) is 0 Å². The van der Waals surface area contributed by atoms with Crippen molar-refractivity contribution in [1.29, 1.82) is 0 Å². The van der Waals surface area contributed by atoms with Gasteiger partial charge < -0.3 is 5.32 Å². The van der Waals surface area contributed by atoms with Crippen molar-refractivity contribution in [2.24, 2.45) is 5.92 Å². The van der Waals surface area contributed by atoms with Crippen LogP contribution in [0.15, 0.2) is 60.8 Å². The van der Waals surface area contributed by atoms with Crippen molar-refractivity contribution in [3.63, 3.8) is 0 Å². The predicted molar refractivity (Wildman–Crippen MR) is 111 cm³/mol. The highest BCUT2D eigenvalue weighted by molar-refractivity contribution is 6.30. The Morgan fingerprint density at radius 1 is 1.00 bits per heavy atom. The SMILES string of the molecule is O=C(C[C@H]1CC[C@@H](c2nccc3ccccc32)CC1)Nc1ccc(Cl)cc1. The summed E-state index contributed by atoms with van der Waals surface area (Å²) in [5.41, 5.74) is 2.02. The van der Waals surface area contributed by atoms with Crippen molar-refractivity contribution in [1.82, 2.24) is 4.98 Å². The van der Waals surface area contributed by atoms with Gasteiger partial charge in [-0.15, -0.1) is 0 Å². The summed E-state index contributed by atoms with van der Waals surface area (Å²) in [6.07, 6.45) is 6.84. The molecule has 0 radical (unpaired) electrons. The standard InChI is InChI=1S/C23H23ClN2O/c24-19-9-11-20(12-10-19)26-22(27)15-16-5-7-18(8-6-16)23-21-4-2-1-3-17(21)13-14-25-23/h1-4,9-14,16,18H,5-8,15H2,(H,26,27)/t16-,18+. The minimum Gasteiger partial charge on any atom is -0.326 e. The molecule has 1 amide bonds. The lowest BCUT2D eigenvalue weighted by atomic mass is 9.78. The monoisotopic (exact) mass is 378 g/mol. The molecule has 3 aromatic rings. The van der Waals surface area contributed by atoms with Crippen molar-refractivity contribution in [3.05, 3.63) is 71.5 Å². The Labute approximate surface area is 164 Å². The van der Waals surface area contributed by atoms with Crippen LogP contribution in [0.1, 0.15) is 43.7 Å². The van der Waals surface area contributed by atoms with Gasteiger partial charge in [-0.3, -0.25) is 9.78 Å². The number of anilines is 1. The molecule has 2 aromatic carbocycles. The molecule has 1 aliphatic carbocycles. The third-order valence-electron chi connectivity index (χ3n) is 5.54. The summed E-state index contributed by atoms with van der Waals surface area (Å²) < 4.78 is 0. The molecular formula is C23H23ClN2O. The Balaban J connectivity index is 1.34. The van der Waals surface area contributed by atoms with E-state index in [0.717, 1.165) is 31.4 Å². The van der Waals surface area contributed by atoms with Gasteiger partial charge in [0, 0.05) is 34.6 Å². The second kappa shape index (κ2) is 8.10. The summed E-state index contributed by atoms with van der Waals surface area (Å²) in [7, 11) is 0. The molecule has 0 bridgehead atoms. The molecule has 4 rings (SSSR count). The maximum Gasteiger partial charge on any atom is 0.224 e. The van der Waals surface area contributed by atoms with Gasteiger partial charge in [0.2, 0.25) is 5.91 Å². The van der Waals surface area contributed by atoms with Crippen LogP contribution in [-0.2, 0) is 4.79 Å². The van der Waals surface area contributed by atoms with Crippen molar-refractivity contribution in [3.8, 4) is 0 Å². The van der Waals surface area contributed by atoms with Gasteiger partial charge in [-0.1, -0.05) is 35.9 Å². The maximum absolute atomic E-state index is 12.3. The number of hydrogen-bond acceptors (Lipinski definition) is 2. The van der Waals surface area contributed by atoms with Crippen LogP contribution < -0.4 is 5.32 Å². The zero-order valence-electron chi connectivity index (χ0n) is 15.2. The lowest BCUT2D eigenvalue weighted by molar-refractivity contribution is -0.117. The molecule has 0 aliphatic heterocycles. The van der Waals surface area contributed by atoms with Crippen LogP contribution in [0.5, 0.6) is 0 Å². The number of rotatable bonds is 4. The van der Waals surface area contributed by atoms with Crippen LogP contribution in [-0.4, -0.2) is 10.9 Å². The molecule has 1 saturated carbocycles. The zero-order chi connectivity index (χ0) is 18.6. The van der Waals surface area contributed by atoms with Gasteiger partial charge in [0.15, 0.2) is 0 Å². The highest BCUT2D eigenvalue weighted by Crippen LogP contribution is 2.38. The molecule has 1 N–H and O–H groups in total. The Bertz CT molecular complexity index is 925. The zero-order valence-corrected chi connectivity index (χ0v) is 16.0. The van der Waals surface area contributed by atoms with Gasteiger partial charge in [0.05, 0.1) is 5.69 Å². The smallest absolute Gasteiger partial charge is 0.224 e. The van der Waals surface area contributed by atoms with Crippen molar-refractivity contribution < 1.29 is 4.79 Å². The van der Waals surface area contributed by atoms with E-state index in [1.807, 2.05) is 18.3 Å². The first-order chi connectivity index (χ1) is 13.2. The van der Waals surface area contributed by atoms with Gasteiger partial charge in [-0.05, 0) is 67.3 Å². The Morgan fingerprint density at radius 3 is 2.52 bits per heavy atom. The first-order valence-corrected chi connectivity index (χ1v) is 9.96. The molecule has 3 nitrogen and oxygen atoms in total. The Morgan fingerprint density at radius 2 is 1.74 bits per heavy atom. The second-order valence-corrected chi connectivity index (χ2v) is 7.83. The average Bonchev–Trinajstić information content (AvgIpc) is 2.70. The fourth-order valence-corrected chi connectivity index (χ4v) is 4.24.